The van der Waals surface area contributed by atoms with Crippen molar-refractivity contribution in [1.29, 1.82) is 0 Å². The molecule has 24 heavy (non-hydrogen) atoms. The number of fused-ring (bicyclic) bond motifs is 1. The van der Waals surface area contributed by atoms with E-state index in [0.717, 1.165) is 23.2 Å². The second kappa shape index (κ2) is 7.13. The first-order chi connectivity index (χ1) is 11.7. The highest BCUT2D eigenvalue weighted by Gasteiger charge is 2.17. The number of hydrogen-bond acceptors (Lipinski definition) is 4. The number of aliphatic imine (C=N–C) groups is 1. The first-order valence-electron chi connectivity index (χ1n) is 8.03. The van der Waals surface area contributed by atoms with Crippen LogP contribution < -0.4 is 5.73 Å². The van der Waals surface area contributed by atoms with Gasteiger partial charge in [-0.05, 0) is 42.7 Å². The fraction of sp³-hybridized carbons (Fsp3) is 0.200. The van der Waals surface area contributed by atoms with E-state index >= 15 is 0 Å². The van der Waals surface area contributed by atoms with Crippen molar-refractivity contribution in [3.05, 3.63) is 70.8 Å². The summed E-state index contributed by atoms with van der Waals surface area (Å²) in [6.07, 6.45) is 2.97. The van der Waals surface area contributed by atoms with Crippen LogP contribution in [0.25, 0.3) is 6.08 Å². The molecule has 2 N–H and O–H groups in total. The predicted molar refractivity (Wildman–Crippen MR) is 96.2 cm³/mol. The average molecular weight is 320 g/mol. The minimum atomic E-state index is -0.336. The van der Waals surface area contributed by atoms with Crippen molar-refractivity contribution in [3.8, 4) is 0 Å². The third-order valence-corrected chi connectivity index (χ3v) is 3.85. The Hall–Kier alpha value is -2.88. The van der Waals surface area contributed by atoms with Crippen molar-refractivity contribution in [2.24, 2.45) is 10.7 Å². The number of carbonyl (C=O) groups excluding carboxylic acids is 1. The first-order valence-corrected chi connectivity index (χ1v) is 8.03. The van der Waals surface area contributed by atoms with Gasteiger partial charge in [-0.3, -0.25) is 0 Å². The van der Waals surface area contributed by atoms with E-state index in [2.05, 4.69) is 23.2 Å². The summed E-state index contributed by atoms with van der Waals surface area (Å²) in [6.45, 7) is 2.13. The Morgan fingerprint density at radius 1 is 1.17 bits per heavy atom. The molecule has 0 saturated heterocycles. The molecule has 2 aromatic rings. The monoisotopic (exact) mass is 320 g/mol. The Bertz CT molecular complexity index is 808. The van der Waals surface area contributed by atoms with E-state index in [0.29, 0.717) is 24.4 Å². The third kappa shape index (κ3) is 3.71. The van der Waals surface area contributed by atoms with Gasteiger partial charge in [-0.2, -0.15) is 0 Å². The fourth-order valence-electron chi connectivity index (χ4n) is 2.75. The van der Waals surface area contributed by atoms with E-state index in [1.807, 2.05) is 36.4 Å². The predicted octanol–water partition coefficient (Wildman–Crippen LogP) is 3.62. The molecule has 0 fully saturated rings. The maximum atomic E-state index is 12.1. The van der Waals surface area contributed by atoms with Crippen molar-refractivity contribution < 1.29 is 9.53 Å². The van der Waals surface area contributed by atoms with Gasteiger partial charge in [0.15, 0.2) is 0 Å². The summed E-state index contributed by atoms with van der Waals surface area (Å²) in [5.74, 6) is 0.0841. The summed E-state index contributed by atoms with van der Waals surface area (Å²) in [4.78, 5) is 16.5. The van der Waals surface area contributed by atoms with E-state index in [1.165, 1.54) is 5.56 Å². The Kier molecular flexibility index (Phi) is 4.75. The molecule has 1 aliphatic heterocycles. The van der Waals surface area contributed by atoms with Crippen LogP contribution in [0.4, 0.5) is 5.69 Å². The lowest BCUT2D eigenvalue weighted by Crippen LogP contribution is -2.16. The summed E-state index contributed by atoms with van der Waals surface area (Å²) in [5.41, 5.74) is 10.6. The number of carbonyl (C=O) groups is 1. The Labute approximate surface area is 141 Å². The summed E-state index contributed by atoms with van der Waals surface area (Å²) >= 11 is 0. The van der Waals surface area contributed by atoms with Gasteiger partial charge in [0.2, 0.25) is 0 Å². The lowest BCUT2D eigenvalue weighted by atomic mass is 10.0. The van der Waals surface area contributed by atoms with Gasteiger partial charge in [0.25, 0.3) is 0 Å². The van der Waals surface area contributed by atoms with Crippen molar-refractivity contribution in [2.75, 3.05) is 6.61 Å². The molecular weight excluding hydrogens is 300 g/mol. The highest BCUT2D eigenvalue weighted by Crippen LogP contribution is 2.28. The van der Waals surface area contributed by atoms with Crippen LogP contribution >= 0.6 is 0 Å². The molecule has 0 amide bonds. The normalized spacial score (nSPS) is 13.4. The molecule has 1 aliphatic rings. The molecule has 0 aromatic heterocycles. The minimum Gasteiger partial charge on any atom is -0.463 e. The largest absolute Gasteiger partial charge is 0.463 e. The Morgan fingerprint density at radius 3 is 2.71 bits per heavy atom. The van der Waals surface area contributed by atoms with E-state index in [1.54, 1.807) is 6.92 Å². The molecule has 0 spiro atoms. The van der Waals surface area contributed by atoms with Gasteiger partial charge in [0, 0.05) is 17.6 Å². The van der Waals surface area contributed by atoms with Crippen LogP contribution in [-0.2, 0) is 16.0 Å². The van der Waals surface area contributed by atoms with Crippen LogP contribution in [-0.4, -0.2) is 18.4 Å². The van der Waals surface area contributed by atoms with E-state index < -0.39 is 0 Å². The minimum absolute atomic E-state index is 0.307. The quantitative estimate of drug-likeness (QED) is 0.875. The lowest BCUT2D eigenvalue weighted by Gasteiger charge is -2.07. The molecule has 0 saturated carbocycles. The van der Waals surface area contributed by atoms with Crippen molar-refractivity contribution in [1.82, 2.24) is 0 Å². The third-order valence-electron chi connectivity index (χ3n) is 3.85. The fourth-order valence-corrected chi connectivity index (χ4v) is 2.75. The van der Waals surface area contributed by atoms with Crippen LogP contribution in [0.3, 0.4) is 0 Å². The molecule has 4 heteroatoms. The zero-order chi connectivity index (χ0) is 16.9. The molecule has 0 bridgehead atoms. The number of nitrogens with zero attached hydrogens (tertiary/aromatic N) is 1. The smallest absolute Gasteiger partial charge is 0.334 e. The van der Waals surface area contributed by atoms with Gasteiger partial charge in [-0.1, -0.05) is 36.4 Å². The molecule has 0 unspecified atom stereocenters. The summed E-state index contributed by atoms with van der Waals surface area (Å²) in [7, 11) is 0. The van der Waals surface area contributed by atoms with Crippen LogP contribution in [0.2, 0.25) is 0 Å². The lowest BCUT2D eigenvalue weighted by molar-refractivity contribution is -0.138. The number of rotatable bonds is 4. The SMILES string of the molecule is CCOC(=O)C1=Cc2cc(Cc3ccccc3)ccc2N=C(N)C1. The van der Waals surface area contributed by atoms with Crippen LogP contribution in [0.15, 0.2) is 59.1 Å². The number of amidine groups is 1. The molecular formula is C20H20N2O2. The summed E-state index contributed by atoms with van der Waals surface area (Å²) < 4.78 is 5.11. The van der Waals surface area contributed by atoms with Crippen molar-refractivity contribution in [3.63, 3.8) is 0 Å². The molecule has 3 rings (SSSR count). The number of ether oxygens (including phenoxy) is 1. The standard InChI is InChI=1S/C20H20N2O2/c1-2-24-20(23)17-12-16-11-15(10-14-6-4-3-5-7-14)8-9-18(16)22-19(21)13-17/h3-9,11-12H,2,10,13H2,1H3,(H2,21,22). The molecule has 1 heterocycles. The summed E-state index contributed by atoms with van der Waals surface area (Å²) in [5, 5.41) is 0. The van der Waals surface area contributed by atoms with Gasteiger partial charge in [0.1, 0.15) is 5.84 Å². The van der Waals surface area contributed by atoms with Gasteiger partial charge >= 0.3 is 5.97 Å². The summed E-state index contributed by atoms with van der Waals surface area (Å²) in [6, 6.07) is 16.3. The van der Waals surface area contributed by atoms with Crippen molar-refractivity contribution in [2.45, 2.75) is 19.8 Å². The van der Waals surface area contributed by atoms with Crippen LogP contribution in [0.1, 0.15) is 30.0 Å². The van der Waals surface area contributed by atoms with Crippen LogP contribution in [0, 0.1) is 0 Å². The number of nitrogens with two attached hydrogens (primary N) is 1. The maximum absolute atomic E-state index is 12.1. The first kappa shape index (κ1) is 16.0. The van der Waals surface area contributed by atoms with Gasteiger partial charge in [-0.25, -0.2) is 9.79 Å². The molecule has 0 atom stereocenters. The molecule has 0 aliphatic carbocycles. The van der Waals surface area contributed by atoms with Gasteiger partial charge in [-0.15, -0.1) is 0 Å². The number of hydrogen-bond donors (Lipinski definition) is 1. The van der Waals surface area contributed by atoms with E-state index in [9.17, 15) is 4.79 Å². The van der Waals surface area contributed by atoms with E-state index in [-0.39, 0.29) is 5.97 Å². The number of benzene rings is 2. The Balaban J connectivity index is 1.95. The average Bonchev–Trinajstić information content (AvgIpc) is 2.74. The van der Waals surface area contributed by atoms with Crippen molar-refractivity contribution >= 4 is 23.6 Å². The van der Waals surface area contributed by atoms with Gasteiger partial charge < -0.3 is 10.5 Å². The highest BCUT2D eigenvalue weighted by molar-refractivity contribution is 6.03. The molecule has 4 nitrogen and oxygen atoms in total. The van der Waals surface area contributed by atoms with E-state index in [4.69, 9.17) is 10.5 Å². The van der Waals surface area contributed by atoms with Crippen LogP contribution in [0.5, 0.6) is 0 Å². The second-order valence-corrected chi connectivity index (χ2v) is 5.73. The van der Waals surface area contributed by atoms with Gasteiger partial charge in [0.05, 0.1) is 12.3 Å². The second-order valence-electron chi connectivity index (χ2n) is 5.73. The topological polar surface area (TPSA) is 64.7 Å². The number of esters is 1. The molecule has 122 valence electrons. The Morgan fingerprint density at radius 2 is 1.96 bits per heavy atom. The molecule has 0 radical (unpaired) electrons. The highest BCUT2D eigenvalue weighted by atomic mass is 16.5. The zero-order valence-electron chi connectivity index (χ0n) is 13.7. The molecule has 2 aromatic carbocycles. The zero-order valence-corrected chi connectivity index (χ0v) is 13.7. The maximum Gasteiger partial charge on any atom is 0.334 e.